The van der Waals surface area contributed by atoms with Gasteiger partial charge in [0.25, 0.3) is 0 Å². The van der Waals surface area contributed by atoms with Crippen LogP contribution in [0.5, 0.6) is 0 Å². The van der Waals surface area contributed by atoms with Crippen LogP contribution in [0.3, 0.4) is 0 Å². The lowest BCUT2D eigenvalue weighted by molar-refractivity contribution is -0.481. The molecule has 1 aliphatic carbocycles. The Hall–Kier alpha value is -2.49. The molecule has 0 aromatic heterocycles. The van der Waals surface area contributed by atoms with Crippen molar-refractivity contribution in [1.82, 2.24) is 0 Å². The van der Waals surface area contributed by atoms with Crippen molar-refractivity contribution in [2.24, 2.45) is 0 Å². The second-order valence-corrected chi connectivity index (χ2v) is 5.35. The molecule has 2 aromatic carbocycles. The number of nitro groups is 1. The topological polar surface area (TPSA) is 60.2 Å². The van der Waals surface area contributed by atoms with E-state index < -0.39 is 5.92 Å². The molecular weight excluding hydrogens is 266 g/mol. The fourth-order valence-corrected chi connectivity index (χ4v) is 2.72. The Morgan fingerprint density at radius 1 is 1.19 bits per heavy atom. The summed E-state index contributed by atoms with van der Waals surface area (Å²) in [6, 6.07) is 13.7. The van der Waals surface area contributed by atoms with Gasteiger partial charge in [-0.2, -0.15) is 0 Å². The summed E-state index contributed by atoms with van der Waals surface area (Å²) in [6.07, 6.45) is 2.57. The van der Waals surface area contributed by atoms with Gasteiger partial charge in [0.15, 0.2) is 0 Å². The van der Waals surface area contributed by atoms with Gasteiger partial charge in [-0.05, 0) is 29.2 Å². The lowest BCUT2D eigenvalue weighted by Crippen LogP contribution is -2.16. The number of nitrogens with zero attached hydrogens (tertiary/aromatic N) is 1. The van der Waals surface area contributed by atoms with E-state index in [4.69, 9.17) is 0 Å². The molecule has 0 amide bonds. The van der Waals surface area contributed by atoms with Crippen LogP contribution in [0.1, 0.15) is 24.3 Å². The molecule has 1 aliphatic rings. The summed E-state index contributed by atoms with van der Waals surface area (Å²) in [7, 11) is 0. The first-order chi connectivity index (χ1) is 10.2. The number of allylic oxidation sites excluding steroid dienone is 1. The molecule has 0 spiro atoms. The van der Waals surface area contributed by atoms with E-state index in [1.54, 1.807) is 0 Å². The maximum atomic E-state index is 11.4. The number of hydrogen-bond acceptors (Lipinski definition) is 3. The highest BCUT2D eigenvalue weighted by molar-refractivity contribution is 5.84. The van der Waals surface area contributed by atoms with Crippen LogP contribution < -0.4 is 0 Å². The molecule has 0 radical (unpaired) electrons. The highest BCUT2D eigenvalue weighted by Gasteiger charge is 2.28. The molecule has 0 N–H and O–H groups in total. The molecule has 106 valence electrons. The van der Waals surface area contributed by atoms with Crippen LogP contribution in [0.25, 0.3) is 10.8 Å². The summed E-state index contributed by atoms with van der Waals surface area (Å²) >= 11 is 0. The molecular formula is C17H15NO3. The zero-order valence-corrected chi connectivity index (χ0v) is 11.5. The van der Waals surface area contributed by atoms with Crippen LogP contribution >= 0.6 is 0 Å². The smallest absolute Gasteiger partial charge is 0.214 e. The third-order valence-corrected chi connectivity index (χ3v) is 3.92. The monoisotopic (exact) mass is 281 g/mol. The van der Waals surface area contributed by atoms with Crippen molar-refractivity contribution in [2.45, 2.75) is 18.8 Å². The summed E-state index contributed by atoms with van der Waals surface area (Å²) in [5.74, 6) is -0.445. The summed E-state index contributed by atoms with van der Waals surface area (Å²) in [5.41, 5.74) is 2.50. The van der Waals surface area contributed by atoms with Crippen molar-refractivity contribution in [2.75, 3.05) is 6.54 Å². The van der Waals surface area contributed by atoms with Gasteiger partial charge in [-0.15, -0.1) is 0 Å². The van der Waals surface area contributed by atoms with Crippen LogP contribution in [-0.2, 0) is 4.79 Å². The molecule has 4 nitrogen and oxygen atoms in total. The van der Waals surface area contributed by atoms with Crippen LogP contribution in [0.4, 0.5) is 0 Å². The highest BCUT2D eigenvalue weighted by atomic mass is 16.6. The van der Waals surface area contributed by atoms with E-state index in [1.807, 2.05) is 42.5 Å². The minimum absolute atomic E-state index is 0.240. The second-order valence-electron chi connectivity index (χ2n) is 5.35. The molecule has 1 fully saturated rings. The van der Waals surface area contributed by atoms with Crippen molar-refractivity contribution >= 4 is 17.1 Å². The fraction of sp³-hybridized carbons (Fsp3) is 0.235. The van der Waals surface area contributed by atoms with Gasteiger partial charge in [-0.1, -0.05) is 48.0 Å². The fourth-order valence-electron chi connectivity index (χ4n) is 2.72. The Morgan fingerprint density at radius 2 is 1.90 bits per heavy atom. The van der Waals surface area contributed by atoms with Gasteiger partial charge in [0.05, 0.1) is 5.92 Å². The first-order valence-corrected chi connectivity index (χ1v) is 6.96. The summed E-state index contributed by atoms with van der Waals surface area (Å²) in [5, 5.41) is 13.1. The maximum absolute atomic E-state index is 11.4. The molecule has 0 bridgehead atoms. The Labute approximate surface area is 122 Å². The minimum atomic E-state index is -0.445. The first-order valence-electron chi connectivity index (χ1n) is 6.96. The quantitative estimate of drug-likeness (QED) is 0.365. The minimum Gasteiger partial charge on any atom is -0.298 e. The maximum Gasteiger partial charge on any atom is 0.214 e. The van der Waals surface area contributed by atoms with Gasteiger partial charge in [0.1, 0.15) is 6.29 Å². The average Bonchev–Trinajstić information content (AvgIpc) is 3.31. The van der Waals surface area contributed by atoms with Crippen molar-refractivity contribution in [1.29, 1.82) is 0 Å². The van der Waals surface area contributed by atoms with Gasteiger partial charge in [-0.25, -0.2) is 0 Å². The zero-order chi connectivity index (χ0) is 14.8. The molecule has 2 aromatic rings. The first kappa shape index (κ1) is 13.5. The third kappa shape index (κ3) is 2.84. The van der Waals surface area contributed by atoms with Gasteiger partial charge >= 0.3 is 0 Å². The Balaban J connectivity index is 2.07. The van der Waals surface area contributed by atoms with Crippen molar-refractivity contribution in [3.05, 3.63) is 69.3 Å². The molecule has 0 saturated heterocycles. The van der Waals surface area contributed by atoms with Crippen LogP contribution in [0.2, 0.25) is 0 Å². The van der Waals surface area contributed by atoms with E-state index in [2.05, 4.69) is 0 Å². The zero-order valence-electron chi connectivity index (χ0n) is 11.5. The number of rotatable bonds is 5. The number of carbonyl (C=O) groups excluding carboxylic acids is 1. The van der Waals surface area contributed by atoms with Gasteiger partial charge in [0, 0.05) is 10.5 Å². The van der Waals surface area contributed by atoms with E-state index in [0.717, 1.165) is 41.0 Å². The average molecular weight is 281 g/mol. The SMILES string of the molecule is O=CC(=C1CC1)C(C[N+](=O)[O-])c1ccc2ccccc2c1. The highest BCUT2D eigenvalue weighted by Crippen LogP contribution is 2.38. The third-order valence-electron chi connectivity index (χ3n) is 3.92. The van der Waals surface area contributed by atoms with Crippen molar-refractivity contribution < 1.29 is 9.72 Å². The summed E-state index contributed by atoms with van der Waals surface area (Å²) < 4.78 is 0. The number of benzene rings is 2. The molecule has 1 saturated carbocycles. The van der Waals surface area contributed by atoms with Crippen LogP contribution in [0, 0.1) is 10.1 Å². The van der Waals surface area contributed by atoms with E-state index in [9.17, 15) is 14.9 Å². The molecule has 4 heteroatoms. The van der Waals surface area contributed by atoms with Crippen LogP contribution in [-0.4, -0.2) is 17.8 Å². The van der Waals surface area contributed by atoms with Gasteiger partial charge < -0.3 is 0 Å². The molecule has 1 atom stereocenters. The van der Waals surface area contributed by atoms with Gasteiger partial charge in [-0.3, -0.25) is 14.9 Å². The van der Waals surface area contributed by atoms with E-state index in [1.165, 1.54) is 0 Å². The predicted octanol–water partition coefficient (Wildman–Crippen LogP) is 3.49. The normalized spacial score (nSPS) is 14.8. The van der Waals surface area contributed by atoms with E-state index >= 15 is 0 Å². The number of hydrogen-bond donors (Lipinski definition) is 0. The van der Waals surface area contributed by atoms with E-state index in [-0.39, 0.29) is 11.5 Å². The largest absolute Gasteiger partial charge is 0.298 e. The molecule has 0 heterocycles. The lowest BCUT2D eigenvalue weighted by Gasteiger charge is -2.14. The lowest BCUT2D eigenvalue weighted by atomic mass is 9.89. The summed E-state index contributed by atoms with van der Waals surface area (Å²) in [4.78, 5) is 22.0. The Morgan fingerprint density at radius 3 is 2.52 bits per heavy atom. The molecule has 3 rings (SSSR count). The number of carbonyl (C=O) groups is 1. The summed E-state index contributed by atoms with van der Waals surface area (Å²) in [6.45, 7) is -0.240. The number of aldehydes is 1. The second kappa shape index (κ2) is 5.48. The van der Waals surface area contributed by atoms with Crippen molar-refractivity contribution in [3.8, 4) is 0 Å². The number of fused-ring (bicyclic) bond motifs is 1. The van der Waals surface area contributed by atoms with E-state index in [0.29, 0.717) is 5.57 Å². The Bertz CT molecular complexity index is 743. The molecule has 0 aliphatic heterocycles. The predicted molar refractivity (Wildman–Crippen MR) is 80.9 cm³/mol. The van der Waals surface area contributed by atoms with Crippen molar-refractivity contribution in [3.63, 3.8) is 0 Å². The standard InChI is InChI=1S/C17H15NO3/c19-11-17(13-6-7-13)16(10-18(20)21)15-8-5-12-3-1-2-4-14(12)9-15/h1-5,8-9,11,16H,6-7,10H2. The molecule has 1 unspecified atom stereocenters. The van der Waals surface area contributed by atoms with Gasteiger partial charge in [0.2, 0.25) is 6.54 Å². The Kier molecular flexibility index (Phi) is 3.52. The van der Waals surface area contributed by atoms with Crippen LogP contribution in [0.15, 0.2) is 53.6 Å². The molecule has 21 heavy (non-hydrogen) atoms.